The zero-order valence-electron chi connectivity index (χ0n) is 14.4. The lowest BCUT2D eigenvalue weighted by Gasteiger charge is -2.17. The molecule has 0 bridgehead atoms. The van der Waals surface area contributed by atoms with Gasteiger partial charge in [-0.05, 0) is 45.0 Å². The van der Waals surface area contributed by atoms with E-state index in [0.717, 1.165) is 0 Å². The molecule has 1 N–H and O–H groups in total. The third-order valence-electron chi connectivity index (χ3n) is 3.69. The van der Waals surface area contributed by atoms with Gasteiger partial charge in [-0.15, -0.1) is 0 Å². The maximum atomic E-state index is 12.2. The fourth-order valence-corrected chi connectivity index (χ4v) is 2.44. The minimum Gasteiger partial charge on any atom is -0.425 e. The predicted octanol–water partition coefficient (Wildman–Crippen LogP) is 4.74. The van der Waals surface area contributed by atoms with E-state index in [0.29, 0.717) is 33.2 Å². The maximum absolute atomic E-state index is 12.2. The predicted molar refractivity (Wildman–Crippen MR) is 98.3 cm³/mol. The summed E-state index contributed by atoms with van der Waals surface area (Å²) in [5.41, 5.74) is 0.832. The smallest absolute Gasteiger partial charge is 0.316 e. The van der Waals surface area contributed by atoms with Crippen molar-refractivity contribution in [3.63, 3.8) is 0 Å². The molecular weight excluding hydrogens is 358 g/mol. The molecule has 0 atom stereocenters. The van der Waals surface area contributed by atoms with Gasteiger partial charge >= 0.3 is 5.97 Å². The second kappa shape index (κ2) is 6.42. The Balaban J connectivity index is 2.08. The van der Waals surface area contributed by atoms with Crippen LogP contribution in [0.25, 0.3) is 22.4 Å². The van der Waals surface area contributed by atoms with Crippen molar-refractivity contribution in [3.05, 3.63) is 51.5 Å². The number of halogens is 1. The SMILES string of the molecule is CC(C)(C)C(=O)Oc1ccc(Cl)cc1-c1nc2ccc([N+](=O)[O-])cc2[nH]1. The number of carbonyl (C=O) groups excluding carboxylic acids is 1. The van der Waals surface area contributed by atoms with Gasteiger partial charge in [0.05, 0.1) is 26.9 Å². The van der Waals surface area contributed by atoms with Gasteiger partial charge < -0.3 is 9.72 Å². The van der Waals surface area contributed by atoms with Gasteiger partial charge in [0.15, 0.2) is 0 Å². The number of fused-ring (bicyclic) bond motifs is 1. The Morgan fingerprint density at radius 2 is 1.96 bits per heavy atom. The van der Waals surface area contributed by atoms with Crippen LogP contribution in [0.15, 0.2) is 36.4 Å². The molecule has 3 rings (SSSR count). The second-order valence-corrected chi connectivity index (χ2v) is 7.26. The summed E-state index contributed by atoms with van der Waals surface area (Å²) in [7, 11) is 0. The van der Waals surface area contributed by atoms with Gasteiger partial charge in [-0.2, -0.15) is 0 Å². The number of esters is 1. The number of hydrogen-bond donors (Lipinski definition) is 1. The number of aromatic nitrogens is 2. The van der Waals surface area contributed by atoms with Gasteiger partial charge in [-0.1, -0.05) is 11.6 Å². The van der Waals surface area contributed by atoms with Crippen LogP contribution in [0.5, 0.6) is 5.75 Å². The lowest BCUT2D eigenvalue weighted by molar-refractivity contribution is -0.384. The van der Waals surface area contributed by atoms with E-state index in [2.05, 4.69) is 9.97 Å². The molecule has 0 spiro atoms. The number of hydrogen-bond acceptors (Lipinski definition) is 5. The Morgan fingerprint density at radius 3 is 2.62 bits per heavy atom. The lowest BCUT2D eigenvalue weighted by atomic mass is 9.97. The average molecular weight is 374 g/mol. The number of benzene rings is 2. The van der Waals surface area contributed by atoms with Crippen LogP contribution in [0.1, 0.15) is 20.8 Å². The number of ether oxygens (including phenoxy) is 1. The largest absolute Gasteiger partial charge is 0.425 e. The molecule has 2 aromatic carbocycles. The Bertz CT molecular complexity index is 1020. The van der Waals surface area contributed by atoms with Crippen molar-refractivity contribution in [1.29, 1.82) is 0 Å². The number of carbonyl (C=O) groups is 1. The third kappa shape index (κ3) is 3.52. The van der Waals surface area contributed by atoms with Crippen LogP contribution in [0.4, 0.5) is 5.69 Å². The summed E-state index contributed by atoms with van der Waals surface area (Å²) in [6.45, 7) is 5.27. The molecule has 26 heavy (non-hydrogen) atoms. The standard InChI is InChI=1S/C18H16ClN3O4/c1-18(2,3)17(23)26-15-7-4-10(19)8-12(15)16-20-13-6-5-11(22(24)25)9-14(13)21-16/h4-9H,1-3H3,(H,20,21). The van der Waals surface area contributed by atoms with Crippen LogP contribution in [-0.4, -0.2) is 20.9 Å². The number of H-pyrrole nitrogens is 1. The zero-order chi connectivity index (χ0) is 19.1. The molecule has 1 aromatic heterocycles. The number of non-ortho nitro benzene ring substituents is 1. The van der Waals surface area contributed by atoms with Crippen LogP contribution in [-0.2, 0) is 4.79 Å². The fourth-order valence-electron chi connectivity index (χ4n) is 2.27. The quantitative estimate of drug-likeness (QED) is 0.309. The molecular formula is C18H16ClN3O4. The molecule has 0 saturated carbocycles. The van der Waals surface area contributed by atoms with Crippen LogP contribution >= 0.6 is 11.6 Å². The van der Waals surface area contributed by atoms with Crippen LogP contribution in [0.2, 0.25) is 5.02 Å². The van der Waals surface area contributed by atoms with E-state index in [-0.39, 0.29) is 5.69 Å². The summed E-state index contributed by atoms with van der Waals surface area (Å²) in [5, 5.41) is 11.4. The van der Waals surface area contributed by atoms with E-state index < -0.39 is 16.3 Å². The number of imidazole rings is 1. The number of nitrogens with one attached hydrogen (secondary N) is 1. The Labute approximate surface area is 154 Å². The normalized spacial score (nSPS) is 11.5. The van der Waals surface area contributed by atoms with Crippen LogP contribution < -0.4 is 4.74 Å². The molecule has 8 heteroatoms. The molecule has 0 radical (unpaired) electrons. The molecule has 0 aliphatic carbocycles. The first-order chi connectivity index (χ1) is 12.1. The van der Waals surface area contributed by atoms with E-state index in [1.807, 2.05) is 0 Å². The first-order valence-corrected chi connectivity index (χ1v) is 8.19. The summed E-state index contributed by atoms with van der Waals surface area (Å²) < 4.78 is 5.51. The highest BCUT2D eigenvalue weighted by molar-refractivity contribution is 6.31. The second-order valence-electron chi connectivity index (χ2n) is 6.82. The van der Waals surface area contributed by atoms with Gasteiger partial charge in [0, 0.05) is 17.2 Å². The summed E-state index contributed by atoms with van der Waals surface area (Å²) in [6, 6.07) is 9.17. The number of nitrogens with zero attached hydrogens (tertiary/aromatic N) is 2. The molecule has 0 unspecified atom stereocenters. The van der Waals surface area contributed by atoms with Gasteiger partial charge in [-0.3, -0.25) is 14.9 Å². The first-order valence-electron chi connectivity index (χ1n) is 7.81. The molecule has 3 aromatic rings. The van der Waals surface area contributed by atoms with Crippen molar-refractivity contribution in [2.45, 2.75) is 20.8 Å². The van der Waals surface area contributed by atoms with Gasteiger partial charge in [-0.25, -0.2) is 4.98 Å². The van der Waals surface area contributed by atoms with E-state index >= 15 is 0 Å². The molecule has 0 aliphatic heterocycles. The van der Waals surface area contributed by atoms with Gasteiger partial charge in [0.1, 0.15) is 11.6 Å². The van der Waals surface area contributed by atoms with Gasteiger partial charge in [0.25, 0.3) is 5.69 Å². The fraction of sp³-hybridized carbons (Fsp3) is 0.222. The summed E-state index contributed by atoms with van der Waals surface area (Å²) >= 11 is 6.09. The van der Waals surface area contributed by atoms with Crippen molar-refractivity contribution >= 4 is 34.3 Å². The van der Waals surface area contributed by atoms with Crippen LogP contribution in [0.3, 0.4) is 0 Å². The van der Waals surface area contributed by atoms with Crippen molar-refractivity contribution < 1.29 is 14.5 Å². The minimum absolute atomic E-state index is 0.0434. The van der Waals surface area contributed by atoms with E-state index in [1.165, 1.54) is 12.1 Å². The number of aromatic amines is 1. The topological polar surface area (TPSA) is 98.1 Å². The Hall–Kier alpha value is -2.93. The number of nitro groups is 1. The van der Waals surface area contributed by atoms with Crippen molar-refractivity contribution in [2.75, 3.05) is 0 Å². The van der Waals surface area contributed by atoms with Crippen molar-refractivity contribution in [1.82, 2.24) is 9.97 Å². The minimum atomic E-state index is -0.675. The highest BCUT2D eigenvalue weighted by Gasteiger charge is 2.25. The van der Waals surface area contributed by atoms with E-state index in [9.17, 15) is 14.9 Å². The molecule has 0 aliphatic rings. The number of nitro benzene ring substituents is 1. The third-order valence-corrected chi connectivity index (χ3v) is 3.92. The van der Waals surface area contributed by atoms with Crippen LogP contribution in [0, 0.1) is 15.5 Å². The summed E-state index contributed by atoms with van der Waals surface area (Å²) in [6.07, 6.45) is 0. The van der Waals surface area contributed by atoms with E-state index in [1.54, 1.807) is 45.0 Å². The Kier molecular flexibility index (Phi) is 4.41. The van der Waals surface area contributed by atoms with Crippen molar-refractivity contribution in [3.8, 4) is 17.1 Å². The molecule has 134 valence electrons. The first kappa shape index (κ1) is 17.9. The summed E-state index contributed by atoms with van der Waals surface area (Å²) in [4.78, 5) is 30.1. The lowest BCUT2D eigenvalue weighted by Crippen LogP contribution is -2.25. The van der Waals surface area contributed by atoms with Crippen molar-refractivity contribution in [2.24, 2.45) is 5.41 Å². The Morgan fingerprint density at radius 1 is 1.23 bits per heavy atom. The monoisotopic (exact) mass is 373 g/mol. The average Bonchev–Trinajstić information content (AvgIpc) is 2.98. The maximum Gasteiger partial charge on any atom is 0.316 e. The highest BCUT2D eigenvalue weighted by Crippen LogP contribution is 2.34. The number of rotatable bonds is 3. The molecule has 7 nitrogen and oxygen atoms in total. The zero-order valence-corrected chi connectivity index (χ0v) is 15.1. The van der Waals surface area contributed by atoms with Gasteiger partial charge in [0.2, 0.25) is 0 Å². The highest BCUT2D eigenvalue weighted by atomic mass is 35.5. The molecule has 1 heterocycles. The molecule has 0 fully saturated rings. The molecule has 0 saturated heterocycles. The molecule has 0 amide bonds. The van der Waals surface area contributed by atoms with E-state index in [4.69, 9.17) is 16.3 Å². The summed E-state index contributed by atoms with van der Waals surface area (Å²) in [5.74, 6) is 0.315.